The Kier molecular flexibility index (Phi) is 4.98. The predicted octanol–water partition coefficient (Wildman–Crippen LogP) is 3.28. The van der Waals surface area contributed by atoms with Crippen molar-refractivity contribution >= 4 is 51.2 Å². The first-order valence-electron chi connectivity index (χ1n) is 11.4. The number of hydrogen-bond acceptors (Lipinski definition) is 7. The monoisotopic (exact) mass is 476 g/mol. The second-order valence-electron chi connectivity index (χ2n) is 9.22. The standard InChI is InChI=1S/C25H25ClN6O2/c26-16-9-13-6-4-12(8-17(13)31-23(16)27)5-7-14-10-19(22(34)21(14)33)32-18-3-1-2-15(18)20-24(28)29-11-30-25(20)32/h4-9,11,14,19,21-22,33-34H,1-3,10H2,(H2,27,31)(H2,28,29,30)/b7-5+/t14-,19+,21+,22-/m0/s1. The van der Waals surface area contributed by atoms with Crippen LogP contribution in [0.2, 0.25) is 5.02 Å². The minimum Gasteiger partial charge on any atom is -0.390 e. The van der Waals surface area contributed by atoms with Crippen molar-refractivity contribution in [1.82, 2.24) is 19.5 Å². The summed E-state index contributed by atoms with van der Waals surface area (Å²) < 4.78 is 2.10. The normalized spacial score (nSPS) is 24.6. The molecule has 4 aromatic rings. The van der Waals surface area contributed by atoms with Gasteiger partial charge in [-0.05, 0) is 48.9 Å². The molecule has 0 radical (unpaired) electrons. The number of nitrogens with two attached hydrogens (primary N) is 2. The molecule has 34 heavy (non-hydrogen) atoms. The van der Waals surface area contributed by atoms with Crippen LogP contribution in [0.4, 0.5) is 11.6 Å². The van der Waals surface area contributed by atoms with E-state index in [0.717, 1.165) is 52.5 Å². The first-order valence-corrected chi connectivity index (χ1v) is 11.8. The van der Waals surface area contributed by atoms with Crippen LogP contribution in [0.3, 0.4) is 0 Å². The number of aliphatic hydroxyl groups is 2. The number of aliphatic hydroxyl groups excluding tert-OH is 2. The van der Waals surface area contributed by atoms with Crippen LogP contribution in [0.25, 0.3) is 28.0 Å². The average molecular weight is 477 g/mol. The fourth-order valence-electron chi connectivity index (χ4n) is 5.61. The van der Waals surface area contributed by atoms with E-state index in [2.05, 4.69) is 19.5 Å². The van der Waals surface area contributed by atoms with Crippen molar-refractivity contribution in [3.8, 4) is 0 Å². The molecular weight excluding hydrogens is 452 g/mol. The predicted molar refractivity (Wildman–Crippen MR) is 133 cm³/mol. The van der Waals surface area contributed by atoms with Gasteiger partial charge in [0.1, 0.15) is 29.7 Å². The highest BCUT2D eigenvalue weighted by Crippen LogP contribution is 2.43. The molecule has 2 aliphatic rings. The number of hydrogen-bond donors (Lipinski definition) is 4. The largest absolute Gasteiger partial charge is 0.390 e. The number of fused-ring (bicyclic) bond motifs is 4. The maximum absolute atomic E-state index is 11.0. The van der Waals surface area contributed by atoms with E-state index in [1.807, 2.05) is 30.4 Å². The summed E-state index contributed by atoms with van der Waals surface area (Å²) >= 11 is 6.07. The SMILES string of the molecule is Nc1nc2cc(/C=C/[C@H]3C[C@@H](n4c5c(c6c(N)ncnc64)CCC5)[C@H](O)[C@@H]3O)ccc2cc1Cl. The van der Waals surface area contributed by atoms with Gasteiger partial charge in [-0.3, -0.25) is 0 Å². The van der Waals surface area contributed by atoms with Gasteiger partial charge >= 0.3 is 0 Å². The zero-order valence-electron chi connectivity index (χ0n) is 18.4. The lowest BCUT2D eigenvalue weighted by Crippen LogP contribution is -2.29. The molecule has 1 fully saturated rings. The molecule has 6 N–H and O–H groups in total. The van der Waals surface area contributed by atoms with Crippen molar-refractivity contribution in [2.24, 2.45) is 5.92 Å². The van der Waals surface area contributed by atoms with Crippen LogP contribution in [0.1, 0.15) is 35.7 Å². The Balaban J connectivity index is 1.32. The molecule has 0 unspecified atom stereocenters. The lowest BCUT2D eigenvalue weighted by molar-refractivity contribution is 0.0136. The summed E-state index contributed by atoms with van der Waals surface area (Å²) in [5.74, 6) is 0.550. The van der Waals surface area contributed by atoms with Gasteiger partial charge in [-0.1, -0.05) is 35.9 Å². The fraction of sp³-hybridized carbons (Fsp3) is 0.320. The average Bonchev–Trinajstić information content (AvgIpc) is 3.48. The van der Waals surface area contributed by atoms with E-state index in [9.17, 15) is 10.2 Å². The van der Waals surface area contributed by atoms with E-state index >= 15 is 0 Å². The van der Waals surface area contributed by atoms with E-state index < -0.39 is 12.2 Å². The summed E-state index contributed by atoms with van der Waals surface area (Å²) in [6.07, 6.45) is 7.04. The Bertz CT molecular complexity index is 1470. The quantitative estimate of drug-likeness (QED) is 0.356. The fourth-order valence-corrected chi connectivity index (χ4v) is 5.77. The summed E-state index contributed by atoms with van der Waals surface area (Å²) in [6.45, 7) is 0. The molecule has 174 valence electrons. The minimum atomic E-state index is -0.911. The molecular formula is C25H25ClN6O2. The summed E-state index contributed by atoms with van der Waals surface area (Å²) in [4.78, 5) is 13.0. The number of nitrogens with zero attached hydrogens (tertiary/aromatic N) is 4. The molecule has 1 saturated carbocycles. The molecule has 6 rings (SSSR count). The molecule has 9 heteroatoms. The number of pyridine rings is 1. The van der Waals surface area contributed by atoms with E-state index in [1.165, 1.54) is 11.9 Å². The summed E-state index contributed by atoms with van der Waals surface area (Å²) in [5.41, 5.74) is 16.8. The lowest BCUT2D eigenvalue weighted by atomic mass is 10.0. The third-order valence-corrected chi connectivity index (χ3v) is 7.56. The van der Waals surface area contributed by atoms with Gasteiger partial charge in [0.2, 0.25) is 0 Å². The van der Waals surface area contributed by atoms with Crippen LogP contribution in [0.15, 0.2) is 36.7 Å². The van der Waals surface area contributed by atoms with Crippen molar-refractivity contribution in [3.05, 3.63) is 58.5 Å². The first-order chi connectivity index (χ1) is 16.4. The molecule has 1 aromatic carbocycles. The van der Waals surface area contributed by atoms with E-state index in [4.69, 9.17) is 23.1 Å². The van der Waals surface area contributed by atoms with Gasteiger partial charge in [0.15, 0.2) is 0 Å². The Morgan fingerprint density at radius 2 is 1.91 bits per heavy atom. The van der Waals surface area contributed by atoms with Gasteiger partial charge in [0.05, 0.1) is 28.1 Å². The Hall–Kier alpha value is -3.20. The van der Waals surface area contributed by atoms with Crippen LogP contribution >= 0.6 is 11.6 Å². The van der Waals surface area contributed by atoms with Crippen molar-refractivity contribution < 1.29 is 10.2 Å². The van der Waals surface area contributed by atoms with Gasteiger partial charge in [-0.2, -0.15) is 0 Å². The van der Waals surface area contributed by atoms with Crippen LogP contribution < -0.4 is 11.5 Å². The highest BCUT2D eigenvalue weighted by atomic mass is 35.5. The number of halogens is 1. The Morgan fingerprint density at radius 3 is 2.76 bits per heavy atom. The Labute approximate surface area is 200 Å². The van der Waals surface area contributed by atoms with Gasteiger partial charge in [-0.25, -0.2) is 15.0 Å². The number of aryl methyl sites for hydroxylation is 1. The van der Waals surface area contributed by atoms with E-state index in [1.54, 1.807) is 6.07 Å². The molecule has 4 atom stereocenters. The van der Waals surface area contributed by atoms with Gasteiger partial charge in [-0.15, -0.1) is 0 Å². The van der Waals surface area contributed by atoms with Crippen molar-refractivity contribution in [3.63, 3.8) is 0 Å². The summed E-state index contributed by atoms with van der Waals surface area (Å²) in [6, 6.07) is 7.34. The molecule has 3 aromatic heterocycles. The van der Waals surface area contributed by atoms with Crippen LogP contribution in [0, 0.1) is 5.92 Å². The third kappa shape index (κ3) is 3.25. The summed E-state index contributed by atoms with van der Waals surface area (Å²) in [7, 11) is 0. The van der Waals surface area contributed by atoms with Crippen molar-refractivity contribution in [2.45, 2.75) is 43.9 Å². The second kappa shape index (κ2) is 7.94. The van der Waals surface area contributed by atoms with Crippen molar-refractivity contribution in [1.29, 1.82) is 0 Å². The van der Waals surface area contributed by atoms with Crippen LogP contribution in [0.5, 0.6) is 0 Å². The molecule has 8 nitrogen and oxygen atoms in total. The van der Waals surface area contributed by atoms with Gasteiger partial charge in [0.25, 0.3) is 0 Å². The smallest absolute Gasteiger partial charge is 0.146 e. The zero-order valence-corrected chi connectivity index (χ0v) is 19.2. The highest BCUT2D eigenvalue weighted by molar-refractivity contribution is 6.33. The molecule has 0 bridgehead atoms. The topological polar surface area (TPSA) is 136 Å². The van der Waals surface area contributed by atoms with Gasteiger partial charge < -0.3 is 26.2 Å². The highest BCUT2D eigenvalue weighted by Gasteiger charge is 2.43. The molecule has 0 spiro atoms. The van der Waals surface area contributed by atoms with Crippen molar-refractivity contribution in [2.75, 3.05) is 11.5 Å². The number of aromatic nitrogens is 4. The third-order valence-electron chi connectivity index (χ3n) is 7.25. The number of benzene rings is 1. The van der Waals surface area contributed by atoms with Gasteiger partial charge in [0, 0.05) is 17.0 Å². The summed E-state index contributed by atoms with van der Waals surface area (Å²) in [5, 5.41) is 24.2. The number of nitrogen functional groups attached to an aromatic ring is 2. The molecule has 0 aliphatic heterocycles. The second-order valence-corrected chi connectivity index (χ2v) is 9.63. The minimum absolute atomic E-state index is 0.215. The maximum Gasteiger partial charge on any atom is 0.146 e. The molecule has 0 amide bonds. The van der Waals surface area contributed by atoms with Crippen LogP contribution in [-0.4, -0.2) is 41.9 Å². The number of anilines is 2. The number of rotatable bonds is 3. The lowest BCUT2D eigenvalue weighted by Gasteiger charge is -2.21. The molecule has 0 saturated heterocycles. The molecule has 2 aliphatic carbocycles. The van der Waals surface area contributed by atoms with E-state index in [0.29, 0.717) is 23.1 Å². The zero-order chi connectivity index (χ0) is 23.6. The Morgan fingerprint density at radius 1 is 1.06 bits per heavy atom. The first kappa shape index (κ1) is 21.3. The van der Waals surface area contributed by atoms with E-state index in [-0.39, 0.29) is 12.0 Å². The molecule has 3 heterocycles. The maximum atomic E-state index is 11.0. The van der Waals surface area contributed by atoms with Crippen LogP contribution in [-0.2, 0) is 12.8 Å².